The number of hydrogen-bond acceptors (Lipinski definition) is 3. The molecule has 0 amide bonds. The number of hydrogen-bond donors (Lipinski definition) is 1. The Hall–Kier alpha value is -1.11. The standard InChI is InChI=1S/C13H18ClNO4S/c1-4-15(8-10(3)13(16)17)20(18,19)12-6-5-9(2)7-11(12)14/h5-7,10H,4,8H2,1-3H3,(H,16,17). The van der Waals surface area contributed by atoms with E-state index < -0.39 is 21.9 Å². The van der Waals surface area contributed by atoms with Gasteiger partial charge in [0, 0.05) is 13.1 Å². The van der Waals surface area contributed by atoms with Crippen LogP contribution < -0.4 is 0 Å². The molecule has 1 atom stereocenters. The third-order valence-electron chi connectivity index (χ3n) is 2.96. The Bertz CT molecular complexity index is 600. The predicted octanol–water partition coefficient (Wildman–Crippen LogP) is 2.38. The zero-order valence-electron chi connectivity index (χ0n) is 11.6. The first-order chi connectivity index (χ1) is 9.20. The summed E-state index contributed by atoms with van der Waals surface area (Å²) in [7, 11) is -3.79. The number of aryl methyl sites for hydroxylation is 1. The van der Waals surface area contributed by atoms with Gasteiger partial charge in [-0.3, -0.25) is 4.79 Å². The van der Waals surface area contributed by atoms with E-state index >= 15 is 0 Å². The van der Waals surface area contributed by atoms with Crippen LogP contribution in [0.5, 0.6) is 0 Å². The highest BCUT2D eigenvalue weighted by molar-refractivity contribution is 7.89. The molecule has 1 N–H and O–H groups in total. The van der Waals surface area contributed by atoms with Crippen LogP contribution >= 0.6 is 11.6 Å². The molecule has 0 saturated carbocycles. The van der Waals surface area contributed by atoms with Crippen LogP contribution in [0.15, 0.2) is 23.1 Å². The van der Waals surface area contributed by atoms with Crippen LogP contribution in [0, 0.1) is 12.8 Å². The average Bonchev–Trinajstić information content (AvgIpc) is 2.34. The van der Waals surface area contributed by atoms with Crippen LogP contribution in [0.3, 0.4) is 0 Å². The van der Waals surface area contributed by atoms with Gasteiger partial charge in [0.1, 0.15) is 4.90 Å². The Kier molecular flexibility index (Phi) is 5.56. The third kappa shape index (κ3) is 3.71. The van der Waals surface area contributed by atoms with E-state index in [2.05, 4.69) is 0 Å². The first-order valence-electron chi connectivity index (χ1n) is 6.19. The summed E-state index contributed by atoms with van der Waals surface area (Å²) in [6, 6.07) is 4.68. The molecule has 1 aromatic carbocycles. The minimum Gasteiger partial charge on any atom is -0.481 e. The van der Waals surface area contributed by atoms with Gasteiger partial charge in [-0.1, -0.05) is 31.5 Å². The maximum atomic E-state index is 12.5. The fourth-order valence-corrected chi connectivity index (χ4v) is 3.85. The second-order valence-corrected chi connectivity index (χ2v) is 6.94. The van der Waals surface area contributed by atoms with Crippen molar-refractivity contribution in [2.24, 2.45) is 5.92 Å². The number of benzene rings is 1. The molecular weight excluding hydrogens is 302 g/mol. The Morgan fingerprint density at radius 2 is 2.05 bits per heavy atom. The Labute approximate surface area is 124 Å². The molecule has 0 heterocycles. The van der Waals surface area contributed by atoms with Gasteiger partial charge in [-0.2, -0.15) is 4.31 Å². The number of carboxylic acids is 1. The number of sulfonamides is 1. The largest absolute Gasteiger partial charge is 0.481 e. The van der Waals surface area contributed by atoms with Crippen molar-refractivity contribution in [3.05, 3.63) is 28.8 Å². The highest BCUT2D eigenvalue weighted by Gasteiger charge is 2.28. The second-order valence-electron chi connectivity index (χ2n) is 4.63. The summed E-state index contributed by atoms with van der Waals surface area (Å²) >= 11 is 5.99. The topological polar surface area (TPSA) is 74.7 Å². The summed E-state index contributed by atoms with van der Waals surface area (Å²) in [6.45, 7) is 5.04. The van der Waals surface area contributed by atoms with Crippen molar-refractivity contribution in [2.45, 2.75) is 25.7 Å². The molecule has 1 rings (SSSR count). The van der Waals surface area contributed by atoms with Crippen molar-refractivity contribution in [3.8, 4) is 0 Å². The third-order valence-corrected chi connectivity index (χ3v) is 5.38. The summed E-state index contributed by atoms with van der Waals surface area (Å²) in [5.41, 5.74) is 0.857. The quantitative estimate of drug-likeness (QED) is 0.873. The van der Waals surface area contributed by atoms with Gasteiger partial charge < -0.3 is 5.11 Å². The zero-order chi connectivity index (χ0) is 15.5. The van der Waals surface area contributed by atoms with Crippen LogP contribution in [-0.4, -0.2) is 36.9 Å². The van der Waals surface area contributed by atoms with Crippen molar-refractivity contribution in [1.29, 1.82) is 0 Å². The average molecular weight is 320 g/mol. The minimum absolute atomic E-state index is 0.00389. The molecule has 0 saturated heterocycles. The Balaban J connectivity index is 3.15. The molecule has 0 aromatic heterocycles. The number of nitrogens with zero attached hydrogens (tertiary/aromatic N) is 1. The van der Waals surface area contributed by atoms with Crippen LogP contribution in [0.2, 0.25) is 5.02 Å². The number of aliphatic carboxylic acids is 1. The molecule has 112 valence electrons. The lowest BCUT2D eigenvalue weighted by Gasteiger charge is -2.23. The van der Waals surface area contributed by atoms with E-state index in [1.807, 2.05) is 6.92 Å². The van der Waals surface area contributed by atoms with Crippen molar-refractivity contribution in [2.75, 3.05) is 13.1 Å². The maximum absolute atomic E-state index is 12.5. The van der Waals surface area contributed by atoms with E-state index in [4.69, 9.17) is 16.7 Å². The van der Waals surface area contributed by atoms with E-state index in [9.17, 15) is 13.2 Å². The molecule has 20 heavy (non-hydrogen) atoms. The number of rotatable bonds is 6. The summed E-state index contributed by atoms with van der Waals surface area (Å²) < 4.78 is 26.1. The predicted molar refractivity (Wildman–Crippen MR) is 77.4 cm³/mol. The van der Waals surface area contributed by atoms with Crippen molar-refractivity contribution in [1.82, 2.24) is 4.31 Å². The second kappa shape index (κ2) is 6.56. The molecule has 0 aliphatic heterocycles. The molecule has 7 heteroatoms. The Morgan fingerprint density at radius 3 is 2.50 bits per heavy atom. The maximum Gasteiger partial charge on any atom is 0.307 e. The van der Waals surface area contributed by atoms with Gasteiger partial charge in [0.25, 0.3) is 0 Å². The molecule has 0 fully saturated rings. The molecule has 0 aliphatic rings. The van der Waals surface area contributed by atoms with Crippen LogP contribution in [0.25, 0.3) is 0 Å². The van der Waals surface area contributed by atoms with Crippen molar-refractivity contribution >= 4 is 27.6 Å². The van der Waals surface area contributed by atoms with Crippen LogP contribution in [0.4, 0.5) is 0 Å². The van der Waals surface area contributed by atoms with Crippen molar-refractivity contribution < 1.29 is 18.3 Å². The Morgan fingerprint density at radius 1 is 1.45 bits per heavy atom. The molecule has 1 unspecified atom stereocenters. The van der Waals surface area contributed by atoms with E-state index in [1.54, 1.807) is 19.1 Å². The van der Waals surface area contributed by atoms with E-state index in [1.165, 1.54) is 13.0 Å². The highest BCUT2D eigenvalue weighted by atomic mass is 35.5. The molecule has 1 aromatic rings. The smallest absolute Gasteiger partial charge is 0.307 e. The summed E-state index contributed by atoms with van der Waals surface area (Å²) in [4.78, 5) is 10.9. The van der Waals surface area contributed by atoms with Gasteiger partial charge in [-0.25, -0.2) is 8.42 Å². The number of halogens is 1. The van der Waals surface area contributed by atoms with E-state index in [0.29, 0.717) is 0 Å². The zero-order valence-corrected chi connectivity index (χ0v) is 13.2. The molecule has 0 radical (unpaired) electrons. The number of carboxylic acid groups (broad SMARTS) is 1. The normalized spacial score (nSPS) is 13.4. The van der Waals surface area contributed by atoms with Gasteiger partial charge in [-0.05, 0) is 24.6 Å². The number of carbonyl (C=O) groups is 1. The van der Waals surface area contributed by atoms with Gasteiger partial charge >= 0.3 is 5.97 Å². The van der Waals surface area contributed by atoms with Gasteiger partial charge in [-0.15, -0.1) is 0 Å². The monoisotopic (exact) mass is 319 g/mol. The lowest BCUT2D eigenvalue weighted by atomic mass is 10.2. The van der Waals surface area contributed by atoms with Gasteiger partial charge in [0.15, 0.2) is 0 Å². The first-order valence-corrected chi connectivity index (χ1v) is 8.01. The molecule has 5 nitrogen and oxygen atoms in total. The van der Waals surface area contributed by atoms with Gasteiger partial charge in [0.05, 0.1) is 10.9 Å². The summed E-state index contributed by atoms with van der Waals surface area (Å²) in [5, 5.41) is 9.05. The summed E-state index contributed by atoms with van der Waals surface area (Å²) in [6.07, 6.45) is 0. The van der Waals surface area contributed by atoms with Gasteiger partial charge in [0.2, 0.25) is 10.0 Å². The SMILES string of the molecule is CCN(CC(C)C(=O)O)S(=O)(=O)c1ccc(C)cc1Cl. The molecule has 0 aliphatic carbocycles. The van der Waals surface area contributed by atoms with Crippen LogP contribution in [-0.2, 0) is 14.8 Å². The lowest BCUT2D eigenvalue weighted by molar-refractivity contribution is -0.141. The molecule has 0 spiro atoms. The molecule has 0 bridgehead atoms. The molecular formula is C13H18ClNO4S. The highest BCUT2D eigenvalue weighted by Crippen LogP contribution is 2.26. The fourth-order valence-electron chi connectivity index (χ4n) is 1.73. The first kappa shape index (κ1) is 16.9. The van der Waals surface area contributed by atoms with E-state index in [-0.39, 0.29) is 23.0 Å². The fraction of sp³-hybridized carbons (Fsp3) is 0.462. The lowest BCUT2D eigenvalue weighted by Crippen LogP contribution is -2.36. The minimum atomic E-state index is -3.79. The van der Waals surface area contributed by atoms with Crippen molar-refractivity contribution in [3.63, 3.8) is 0 Å². The van der Waals surface area contributed by atoms with E-state index in [0.717, 1.165) is 9.87 Å². The summed E-state index contributed by atoms with van der Waals surface area (Å²) in [5.74, 6) is -1.82. The van der Waals surface area contributed by atoms with Crippen LogP contribution in [0.1, 0.15) is 19.4 Å².